The van der Waals surface area contributed by atoms with Crippen molar-refractivity contribution in [2.45, 2.75) is 52.0 Å². The quantitative estimate of drug-likeness (QED) is 0.801. The van der Waals surface area contributed by atoms with Gasteiger partial charge in [0.15, 0.2) is 0 Å². The Morgan fingerprint density at radius 2 is 2.12 bits per heavy atom. The van der Waals surface area contributed by atoms with Crippen LogP contribution in [0.2, 0.25) is 0 Å². The van der Waals surface area contributed by atoms with E-state index in [1.54, 1.807) is 0 Å². The maximum atomic E-state index is 11.6. The van der Waals surface area contributed by atoms with E-state index >= 15 is 0 Å². The van der Waals surface area contributed by atoms with E-state index in [4.69, 9.17) is 0 Å². The minimum atomic E-state index is -0.960. The Morgan fingerprint density at radius 1 is 1.50 bits per heavy atom. The summed E-state index contributed by atoms with van der Waals surface area (Å²) in [4.78, 5) is 24.6. The SMILES string of the molecule is CCN(C(C)=O)C1(C(=O)O)CCCC(C)C1. The van der Waals surface area contributed by atoms with Gasteiger partial charge in [-0.25, -0.2) is 4.79 Å². The zero-order valence-electron chi connectivity index (χ0n) is 10.3. The highest BCUT2D eigenvalue weighted by atomic mass is 16.4. The topological polar surface area (TPSA) is 57.6 Å². The van der Waals surface area contributed by atoms with Crippen LogP contribution in [0.3, 0.4) is 0 Å². The predicted octanol–water partition coefficient (Wildman–Crippen LogP) is 1.89. The molecule has 1 saturated carbocycles. The van der Waals surface area contributed by atoms with Gasteiger partial charge < -0.3 is 10.0 Å². The highest BCUT2D eigenvalue weighted by Crippen LogP contribution is 2.37. The molecule has 0 radical (unpaired) electrons. The lowest BCUT2D eigenvalue weighted by Crippen LogP contribution is -2.58. The van der Waals surface area contributed by atoms with Gasteiger partial charge in [-0.15, -0.1) is 0 Å². The first-order valence-corrected chi connectivity index (χ1v) is 5.95. The van der Waals surface area contributed by atoms with Gasteiger partial charge in [0.2, 0.25) is 5.91 Å². The third-order valence-electron chi connectivity index (χ3n) is 3.58. The number of nitrogens with zero attached hydrogens (tertiary/aromatic N) is 1. The lowest BCUT2D eigenvalue weighted by Gasteiger charge is -2.44. The molecule has 1 fully saturated rings. The van der Waals surface area contributed by atoms with E-state index in [1.807, 2.05) is 6.92 Å². The number of likely N-dealkylation sites (N-methyl/N-ethyl adjacent to an activating group) is 1. The molecule has 2 unspecified atom stereocenters. The second kappa shape index (κ2) is 4.85. The number of hydrogen-bond acceptors (Lipinski definition) is 2. The van der Waals surface area contributed by atoms with Gasteiger partial charge in [-0.05, 0) is 25.7 Å². The van der Waals surface area contributed by atoms with E-state index in [0.29, 0.717) is 25.3 Å². The minimum Gasteiger partial charge on any atom is -0.479 e. The average Bonchev–Trinajstić information content (AvgIpc) is 2.17. The van der Waals surface area contributed by atoms with Crippen molar-refractivity contribution in [3.05, 3.63) is 0 Å². The molecule has 16 heavy (non-hydrogen) atoms. The number of carboxylic acids is 1. The first-order valence-electron chi connectivity index (χ1n) is 5.95. The van der Waals surface area contributed by atoms with Crippen molar-refractivity contribution in [3.8, 4) is 0 Å². The first-order chi connectivity index (χ1) is 7.44. The number of amides is 1. The van der Waals surface area contributed by atoms with Crippen LogP contribution in [-0.4, -0.2) is 34.0 Å². The normalized spacial score (nSPS) is 29.8. The van der Waals surface area contributed by atoms with Crippen LogP contribution in [0.1, 0.15) is 46.5 Å². The Kier molecular flexibility index (Phi) is 3.94. The van der Waals surface area contributed by atoms with Gasteiger partial charge in [0.05, 0.1) is 0 Å². The van der Waals surface area contributed by atoms with E-state index in [2.05, 4.69) is 6.92 Å². The van der Waals surface area contributed by atoms with Crippen molar-refractivity contribution in [3.63, 3.8) is 0 Å². The molecule has 0 heterocycles. The third kappa shape index (κ3) is 2.20. The molecule has 92 valence electrons. The molecule has 0 spiro atoms. The Balaban J connectivity index is 3.03. The molecule has 0 saturated heterocycles. The molecule has 1 rings (SSSR count). The summed E-state index contributed by atoms with van der Waals surface area (Å²) in [5.74, 6) is -0.617. The Morgan fingerprint density at radius 3 is 2.50 bits per heavy atom. The summed E-state index contributed by atoms with van der Waals surface area (Å²) < 4.78 is 0. The van der Waals surface area contributed by atoms with E-state index in [0.717, 1.165) is 12.8 Å². The first kappa shape index (κ1) is 13.0. The molecule has 0 aromatic carbocycles. The molecule has 0 bridgehead atoms. The zero-order valence-corrected chi connectivity index (χ0v) is 10.3. The number of aliphatic carboxylic acids is 1. The van der Waals surface area contributed by atoms with E-state index in [-0.39, 0.29) is 5.91 Å². The maximum absolute atomic E-state index is 11.6. The lowest BCUT2D eigenvalue weighted by atomic mass is 9.75. The molecule has 1 N–H and O–H groups in total. The molecule has 0 aromatic heterocycles. The van der Waals surface area contributed by atoms with Crippen LogP contribution in [0, 0.1) is 5.92 Å². The average molecular weight is 227 g/mol. The number of carboxylic acid groups (broad SMARTS) is 1. The molecular weight excluding hydrogens is 206 g/mol. The summed E-state index contributed by atoms with van der Waals surface area (Å²) in [5.41, 5.74) is -0.960. The molecule has 1 aliphatic rings. The van der Waals surface area contributed by atoms with E-state index in [1.165, 1.54) is 11.8 Å². The molecule has 2 atom stereocenters. The Bertz CT molecular complexity index is 290. The van der Waals surface area contributed by atoms with Crippen LogP contribution >= 0.6 is 0 Å². The molecule has 1 amide bonds. The largest absolute Gasteiger partial charge is 0.479 e. The van der Waals surface area contributed by atoms with Crippen LogP contribution in [0.25, 0.3) is 0 Å². The van der Waals surface area contributed by atoms with Crippen molar-refractivity contribution in [2.75, 3.05) is 6.54 Å². The summed E-state index contributed by atoms with van der Waals surface area (Å²) in [5, 5.41) is 9.46. The number of hydrogen-bond donors (Lipinski definition) is 1. The van der Waals surface area contributed by atoms with Crippen molar-refractivity contribution in [1.82, 2.24) is 4.90 Å². The molecule has 0 aliphatic heterocycles. The van der Waals surface area contributed by atoms with Crippen molar-refractivity contribution in [2.24, 2.45) is 5.92 Å². The predicted molar refractivity (Wildman–Crippen MR) is 61.1 cm³/mol. The second-order valence-corrected chi connectivity index (χ2v) is 4.80. The van der Waals surface area contributed by atoms with Crippen LogP contribution in [0.4, 0.5) is 0 Å². The Labute approximate surface area is 96.6 Å². The fourth-order valence-corrected chi connectivity index (χ4v) is 2.91. The fraction of sp³-hybridized carbons (Fsp3) is 0.833. The van der Waals surface area contributed by atoms with Crippen molar-refractivity contribution < 1.29 is 14.7 Å². The van der Waals surface area contributed by atoms with Gasteiger partial charge in [-0.2, -0.15) is 0 Å². The van der Waals surface area contributed by atoms with Crippen LogP contribution in [0.15, 0.2) is 0 Å². The van der Waals surface area contributed by atoms with E-state index < -0.39 is 11.5 Å². The van der Waals surface area contributed by atoms with Gasteiger partial charge >= 0.3 is 5.97 Å². The van der Waals surface area contributed by atoms with Crippen molar-refractivity contribution >= 4 is 11.9 Å². The number of rotatable bonds is 3. The summed E-state index contributed by atoms with van der Waals surface area (Å²) >= 11 is 0. The van der Waals surface area contributed by atoms with Crippen LogP contribution in [-0.2, 0) is 9.59 Å². The number of carbonyl (C=O) groups is 2. The maximum Gasteiger partial charge on any atom is 0.329 e. The smallest absolute Gasteiger partial charge is 0.329 e. The van der Waals surface area contributed by atoms with Gasteiger partial charge in [-0.3, -0.25) is 4.79 Å². The van der Waals surface area contributed by atoms with Gasteiger partial charge in [0, 0.05) is 13.5 Å². The van der Waals surface area contributed by atoms with Crippen molar-refractivity contribution in [1.29, 1.82) is 0 Å². The zero-order chi connectivity index (χ0) is 12.3. The van der Waals surface area contributed by atoms with Crippen LogP contribution < -0.4 is 0 Å². The highest BCUT2D eigenvalue weighted by Gasteiger charge is 2.47. The molecule has 0 aromatic rings. The highest BCUT2D eigenvalue weighted by molar-refractivity contribution is 5.86. The molecule has 1 aliphatic carbocycles. The summed E-state index contributed by atoms with van der Waals surface area (Å²) in [6.07, 6.45) is 3.11. The Hall–Kier alpha value is -1.06. The van der Waals surface area contributed by atoms with E-state index in [9.17, 15) is 14.7 Å². The van der Waals surface area contributed by atoms with Gasteiger partial charge in [0.25, 0.3) is 0 Å². The molecule has 4 nitrogen and oxygen atoms in total. The summed E-state index contributed by atoms with van der Waals surface area (Å²) in [6.45, 7) is 5.82. The molecule has 4 heteroatoms. The number of carbonyl (C=O) groups excluding carboxylic acids is 1. The summed E-state index contributed by atoms with van der Waals surface area (Å²) in [7, 11) is 0. The standard InChI is InChI=1S/C12H21NO3/c1-4-13(10(3)14)12(11(15)16)7-5-6-9(2)8-12/h9H,4-8H2,1-3H3,(H,15,16). The fourth-order valence-electron chi connectivity index (χ4n) is 2.91. The second-order valence-electron chi connectivity index (χ2n) is 4.80. The molecular formula is C12H21NO3. The summed E-state index contributed by atoms with van der Waals surface area (Å²) in [6, 6.07) is 0. The van der Waals surface area contributed by atoms with Crippen LogP contribution in [0.5, 0.6) is 0 Å². The monoisotopic (exact) mass is 227 g/mol. The third-order valence-corrected chi connectivity index (χ3v) is 3.58. The minimum absolute atomic E-state index is 0.140. The van der Waals surface area contributed by atoms with Gasteiger partial charge in [-0.1, -0.05) is 19.8 Å². The lowest BCUT2D eigenvalue weighted by molar-refractivity contribution is -0.162. The van der Waals surface area contributed by atoms with Gasteiger partial charge in [0.1, 0.15) is 5.54 Å².